The molecule has 32 heavy (non-hydrogen) atoms. The second-order valence-corrected chi connectivity index (χ2v) is 12.3. The van der Waals surface area contributed by atoms with E-state index in [0.717, 1.165) is 51.4 Å². The third kappa shape index (κ3) is 3.01. The van der Waals surface area contributed by atoms with E-state index in [9.17, 15) is 14.7 Å². The van der Waals surface area contributed by atoms with Crippen molar-refractivity contribution in [3.63, 3.8) is 0 Å². The van der Waals surface area contributed by atoms with E-state index in [1.807, 2.05) is 13.8 Å². The van der Waals surface area contributed by atoms with Crippen LogP contribution in [0.2, 0.25) is 0 Å². The Labute approximate surface area is 191 Å². The minimum Gasteiger partial charge on any atom is -0.458 e. The van der Waals surface area contributed by atoms with Gasteiger partial charge in [-0.3, -0.25) is 9.59 Å². The van der Waals surface area contributed by atoms with Crippen LogP contribution in [-0.2, 0) is 23.8 Å². The van der Waals surface area contributed by atoms with Crippen molar-refractivity contribution >= 4 is 11.8 Å². The van der Waals surface area contributed by atoms with Gasteiger partial charge in [-0.25, -0.2) is 0 Å². The number of carbonyl (C=O) groups is 2. The average molecular weight is 449 g/mol. The van der Waals surface area contributed by atoms with Gasteiger partial charge in [0.15, 0.2) is 18.0 Å². The topological polar surface area (TPSA) is 82.1 Å². The maximum absolute atomic E-state index is 13.7. The highest BCUT2D eigenvalue weighted by Crippen LogP contribution is 2.71. The second-order valence-electron chi connectivity index (χ2n) is 12.3. The molecule has 0 aromatic heterocycles. The van der Waals surface area contributed by atoms with Crippen molar-refractivity contribution in [2.45, 2.75) is 110 Å². The lowest BCUT2D eigenvalue weighted by Gasteiger charge is -2.61. The molecule has 0 spiro atoms. The predicted octanol–water partition coefficient (Wildman–Crippen LogP) is 4.02. The van der Waals surface area contributed by atoms with Gasteiger partial charge in [0.1, 0.15) is 0 Å². The summed E-state index contributed by atoms with van der Waals surface area (Å²) in [6.07, 6.45) is 7.66. The summed E-state index contributed by atoms with van der Waals surface area (Å²) in [6, 6.07) is 0. The van der Waals surface area contributed by atoms with Gasteiger partial charge in [-0.05, 0) is 94.3 Å². The van der Waals surface area contributed by atoms with Crippen molar-refractivity contribution in [3.8, 4) is 0 Å². The van der Waals surface area contributed by atoms with Crippen LogP contribution >= 0.6 is 0 Å². The van der Waals surface area contributed by atoms with Crippen molar-refractivity contribution < 1.29 is 28.9 Å². The highest BCUT2D eigenvalue weighted by Gasteiger charge is 2.76. The van der Waals surface area contributed by atoms with Crippen molar-refractivity contribution in [1.29, 1.82) is 0 Å². The van der Waals surface area contributed by atoms with Gasteiger partial charge in [-0.15, -0.1) is 0 Å². The number of hydrogen-bond acceptors (Lipinski definition) is 6. The molecule has 1 saturated heterocycles. The van der Waals surface area contributed by atoms with E-state index < -0.39 is 17.4 Å². The molecule has 4 saturated carbocycles. The summed E-state index contributed by atoms with van der Waals surface area (Å²) >= 11 is 0. The van der Waals surface area contributed by atoms with Gasteiger partial charge in [0.25, 0.3) is 0 Å². The highest BCUT2D eigenvalue weighted by molar-refractivity contribution is 5.92. The van der Waals surface area contributed by atoms with Gasteiger partial charge in [-0.1, -0.05) is 13.8 Å². The summed E-state index contributed by atoms with van der Waals surface area (Å²) in [6.45, 7) is 9.56. The Hall–Kier alpha value is -0.980. The Morgan fingerprint density at radius 3 is 2.47 bits per heavy atom. The number of aliphatic hydroxyl groups excluding tert-OH is 1. The Balaban J connectivity index is 1.48. The maximum Gasteiger partial charge on any atom is 0.303 e. The number of aliphatic hydroxyl groups is 1. The van der Waals surface area contributed by atoms with Crippen molar-refractivity contribution in [1.82, 2.24) is 0 Å². The van der Waals surface area contributed by atoms with Gasteiger partial charge in [0.05, 0.1) is 12.2 Å². The maximum atomic E-state index is 13.7. The van der Waals surface area contributed by atoms with E-state index in [1.54, 1.807) is 0 Å². The SMILES string of the molecule is CC(=O)OCC(=O)[C@@]12OC(C)(C)O[C@@H]1C[C@@H]1[C@@H]3CC[C@@H]4C[C@H](O)CC[C@]4(C)[C@@H]3CC[C@@]12C. The molecule has 0 bridgehead atoms. The van der Waals surface area contributed by atoms with Crippen molar-refractivity contribution in [3.05, 3.63) is 0 Å². The fraction of sp³-hybridized carbons (Fsp3) is 0.923. The Bertz CT molecular complexity index is 808. The second kappa shape index (κ2) is 7.26. The quantitative estimate of drug-likeness (QED) is 0.657. The molecular formula is C26H40O6. The number of carbonyl (C=O) groups excluding carboxylic acids is 2. The van der Waals surface area contributed by atoms with E-state index in [2.05, 4.69) is 13.8 Å². The van der Waals surface area contributed by atoms with E-state index in [0.29, 0.717) is 23.7 Å². The fourth-order valence-corrected chi connectivity index (χ4v) is 9.11. The smallest absolute Gasteiger partial charge is 0.303 e. The third-order valence-corrected chi connectivity index (χ3v) is 10.5. The van der Waals surface area contributed by atoms with Gasteiger partial charge >= 0.3 is 5.97 Å². The number of rotatable bonds is 3. The molecule has 0 radical (unpaired) electrons. The Kier molecular flexibility index (Phi) is 5.17. The molecule has 1 aliphatic heterocycles. The third-order valence-electron chi connectivity index (χ3n) is 10.5. The summed E-state index contributed by atoms with van der Waals surface area (Å²) in [4.78, 5) is 25.1. The van der Waals surface area contributed by atoms with Gasteiger partial charge in [0, 0.05) is 12.3 Å². The molecule has 0 aromatic carbocycles. The largest absolute Gasteiger partial charge is 0.458 e. The molecule has 6 nitrogen and oxygen atoms in total. The van der Waals surface area contributed by atoms with E-state index in [-0.39, 0.29) is 35.4 Å². The van der Waals surface area contributed by atoms with Crippen LogP contribution in [0.25, 0.3) is 0 Å². The van der Waals surface area contributed by atoms with E-state index in [4.69, 9.17) is 14.2 Å². The van der Waals surface area contributed by atoms with Crippen LogP contribution < -0.4 is 0 Å². The Morgan fingerprint density at radius 1 is 1.00 bits per heavy atom. The minimum atomic E-state index is -1.05. The molecule has 9 atom stereocenters. The minimum absolute atomic E-state index is 0.143. The number of esters is 1. The molecule has 0 aromatic rings. The summed E-state index contributed by atoms with van der Waals surface area (Å²) in [5.41, 5.74) is -1.11. The van der Waals surface area contributed by atoms with Crippen LogP contribution in [0.3, 0.4) is 0 Å². The van der Waals surface area contributed by atoms with Gasteiger partial charge in [-0.2, -0.15) is 0 Å². The number of ketones is 1. The molecule has 5 aliphatic rings. The van der Waals surface area contributed by atoms with Crippen LogP contribution in [0.4, 0.5) is 0 Å². The first-order chi connectivity index (χ1) is 14.9. The predicted molar refractivity (Wildman–Crippen MR) is 118 cm³/mol. The zero-order chi connectivity index (χ0) is 23.1. The molecular weight excluding hydrogens is 408 g/mol. The molecule has 1 N–H and O–H groups in total. The number of fused-ring (bicyclic) bond motifs is 7. The summed E-state index contributed by atoms with van der Waals surface area (Å²) in [5, 5.41) is 10.3. The molecule has 6 heteroatoms. The summed E-state index contributed by atoms with van der Waals surface area (Å²) in [5.74, 6) is 0.705. The summed E-state index contributed by atoms with van der Waals surface area (Å²) < 4.78 is 18.1. The lowest BCUT2D eigenvalue weighted by molar-refractivity contribution is -0.221. The molecule has 180 valence electrons. The molecule has 5 rings (SSSR count). The van der Waals surface area contributed by atoms with Crippen LogP contribution in [-0.4, -0.2) is 47.1 Å². The molecule has 0 unspecified atom stereocenters. The molecule has 0 amide bonds. The van der Waals surface area contributed by atoms with Gasteiger partial charge < -0.3 is 19.3 Å². The molecule has 5 fully saturated rings. The first kappa shape index (κ1) is 22.8. The standard InChI is InChI=1S/C26H40O6/c1-15(27)30-14-21(29)26-22(31-23(2,3)32-26)13-20-18-7-6-16-12-17(28)8-10-24(16,4)19(18)9-11-25(20,26)5/h16-20,22,28H,6-14H2,1-5H3/t16-,17-,18-,19-,20-,22-,24+,25+,26-/m1/s1. The van der Waals surface area contributed by atoms with E-state index >= 15 is 0 Å². The Morgan fingerprint density at radius 2 is 1.75 bits per heavy atom. The van der Waals surface area contributed by atoms with Crippen LogP contribution in [0.1, 0.15) is 86.0 Å². The monoisotopic (exact) mass is 448 g/mol. The van der Waals surface area contributed by atoms with Crippen molar-refractivity contribution in [2.24, 2.45) is 34.5 Å². The first-order valence-electron chi connectivity index (χ1n) is 12.7. The lowest BCUT2D eigenvalue weighted by Crippen LogP contribution is -2.62. The van der Waals surface area contributed by atoms with Gasteiger partial charge in [0.2, 0.25) is 5.78 Å². The molecule has 4 aliphatic carbocycles. The summed E-state index contributed by atoms with van der Waals surface area (Å²) in [7, 11) is 0. The normalized spacial score (nSPS) is 51.2. The van der Waals surface area contributed by atoms with Crippen LogP contribution in [0.15, 0.2) is 0 Å². The zero-order valence-electron chi connectivity index (χ0n) is 20.3. The first-order valence-corrected chi connectivity index (χ1v) is 12.7. The lowest BCUT2D eigenvalue weighted by atomic mass is 9.44. The number of ether oxygens (including phenoxy) is 3. The van der Waals surface area contributed by atoms with Crippen LogP contribution in [0.5, 0.6) is 0 Å². The fourth-order valence-electron chi connectivity index (χ4n) is 9.11. The number of hydrogen-bond donors (Lipinski definition) is 1. The van der Waals surface area contributed by atoms with E-state index in [1.165, 1.54) is 6.92 Å². The zero-order valence-corrected chi connectivity index (χ0v) is 20.3. The highest BCUT2D eigenvalue weighted by atomic mass is 16.8. The number of Topliss-reactive ketones (excluding diaryl/α,β-unsaturated/α-hetero) is 1. The molecule has 1 heterocycles. The van der Waals surface area contributed by atoms with Crippen LogP contribution in [0, 0.1) is 34.5 Å². The van der Waals surface area contributed by atoms with Crippen molar-refractivity contribution in [2.75, 3.05) is 6.61 Å². The average Bonchev–Trinajstić information content (AvgIpc) is 3.12.